The largest absolute Gasteiger partial charge is 0.464 e. The van der Waals surface area contributed by atoms with Crippen molar-refractivity contribution in [2.75, 3.05) is 19.7 Å². The minimum atomic E-state index is -0.860. The van der Waals surface area contributed by atoms with Crippen LogP contribution >= 0.6 is 11.6 Å². The van der Waals surface area contributed by atoms with Crippen LogP contribution in [0.15, 0.2) is 36.4 Å². The van der Waals surface area contributed by atoms with Crippen LogP contribution in [0.4, 0.5) is 0 Å². The van der Waals surface area contributed by atoms with Gasteiger partial charge in [-0.15, -0.1) is 0 Å². The molecule has 0 unspecified atom stereocenters. The molecule has 0 spiro atoms. The maximum absolute atomic E-state index is 13.3. The van der Waals surface area contributed by atoms with Crippen LogP contribution in [0, 0.1) is 5.92 Å². The molecule has 1 aromatic heterocycles. The molecule has 0 atom stereocenters. The van der Waals surface area contributed by atoms with Crippen LogP contribution < -0.4 is 9.47 Å². The number of likely N-dealkylation sites (tertiary alicyclic amines) is 1. The van der Waals surface area contributed by atoms with Crippen molar-refractivity contribution in [3.63, 3.8) is 0 Å². The van der Waals surface area contributed by atoms with Gasteiger partial charge in [0.1, 0.15) is 0 Å². The Hall–Kier alpha value is -3.17. The summed E-state index contributed by atoms with van der Waals surface area (Å²) < 4.78 is 17.8. The number of cyclic esters (lactones) is 1. The van der Waals surface area contributed by atoms with Crippen LogP contribution in [-0.2, 0) is 21.1 Å². The Bertz CT molecular complexity index is 1100. The molecule has 2 bridgehead atoms. The number of ether oxygens (including phenoxy) is 3. The Labute approximate surface area is 202 Å². The first kappa shape index (κ1) is 24.0. The number of benzene rings is 1. The molecule has 4 rings (SSSR count). The average molecular weight is 488 g/mol. The van der Waals surface area contributed by atoms with Gasteiger partial charge >= 0.3 is 17.9 Å². The monoisotopic (exact) mass is 487 g/mol. The Balaban J connectivity index is 1.62. The fourth-order valence-corrected chi connectivity index (χ4v) is 4.07. The molecular formula is C24H26ClN3O6. The lowest BCUT2D eigenvalue weighted by Crippen LogP contribution is -2.39. The predicted octanol–water partition coefficient (Wildman–Crippen LogP) is 3.24. The number of hydrogen-bond donors (Lipinski definition) is 0. The van der Waals surface area contributed by atoms with Crippen LogP contribution in [0.3, 0.4) is 0 Å². The molecule has 0 saturated carbocycles. The molecule has 0 aliphatic carbocycles. The van der Waals surface area contributed by atoms with Crippen molar-refractivity contribution in [1.82, 2.24) is 14.5 Å². The maximum atomic E-state index is 13.3. The van der Waals surface area contributed by atoms with Gasteiger partial charge in [0.2, 0.25) is 5.78 Å². The Morgan fingerprint density at radius 3 is 2.50 bits per heavy atom. The smallest absolute Gasteiger partial charge is 0.337 e. The van der Waals surface area contributed by atoms with Crippen LogP contribution in [0.25, 0.3) is 0 Å². The van der Waals surface area contributed by atoms with E-state index in [0.29, 0.717) is 29.2 Å². The SMILES string of the molecule is CC(C)N1CCC(COc2nc3c(C(=O)c4ccc(Cl)cc4)n2COC(=O)/C=C\C(=O)O3)CC1. The van der Waals surface area contributed by atoms with E-state index in [1.54, 1.807) is 24.3 Å². The number of aromatic nitrogens is 2. The highest BCUT2D eigenvalue weighted by Crippen LogP contribution is 2.30. The predicted molar refractivity (Wildman–Crippen MR) is 123 cm³/mol. The van der Waals surface area contributed by atoms with Crippen molar-refractivity contribution in [2.24, 2.45) is 5.92 Å². The number of fused-ring (bicyclic) bond motifs is 2. The summed E-state index contributed by atoms with van der Waals surface area (Å²) in [5, 5.41) is 0.470. The highest BCUT2D eigenvalue weighted by atomic mass is 35.5. The fourth-order valence-electron chi connectivity index (χ4n) is 3.94. The van der Waals surface area contributed by atoms with Crippen molar-refractivity contribution in [2.45, 2.75) is 39.5 Å². The number of carbonyl (C=O) groups is 3. The molecule has 0 radical (unpaired) electrons. The van der Waals surface area contributed by atoms with Gasteiger partial charge in [0.25, 0.3) is 5.88 Å². The van der Waals surface area contributed by atoms with Crippen molar-refractivity contribution in [3.05, 3.63) is 52.7 Å². The third-order valence-electron chi connectivity index (χ3n) is 5.94. The van der Waals surface area contributed by atoms with E-state index in [9.17, 15) is 14.4 Å². The lowest BCUT2D eigenvalue weighted by Gasteiger charge is -2.34. The molecule has 2 aromatic rings. The molecule has 1 aromatic carbocycles. The molecule has 1 fully saturated rings. The quantitative estimate of drug-likeness (QED) is 0.452. The number of piperidine rings is 1. The Morgan fingerprint density at radius 2 is 1.82 bits per heavy atom. The minimum Gasteiger partial charge on any atom is -0.464 e. The van der Waals surface area contributed by atoms with Crippen molar-refractivity contribution < 1.29 is 28.6 Å². The van der Waals surface area contributed by atoms with Gasteiger partial charge in [-0.1, -0.05) is 11.6 Å². The summed E-state index contributed by atoms with van der Waals surface area (Å²) >= 11 is 5.95. The fraction of sp³-hybridized carbons (Fsp3) is 0.417. The minimum absolute atomic E-state index is 0.0427. The zero-order chi connectivity index (χ0) is 24.2. The van der Waals surface area contributed by atoms with Crippen LogP contribution in [-0.4, -0.2) is 57.9 Å². The van der Waals surface area contributed by atoms with Gasteiger partial charge in [-0.25, -0.2) is 9.59 Å². The molecule has 180 valence electrons. The summed E-state index contributed by atoms with van der Waals surface area (Å²) in [6.45, 7) is 6.36. The zero-order valence-corrected chi connectivity index (χ0v) is 19.8. The van der Waals surface area contributed by atoms with Gasteiger partial charge in [-0.2, -0.15) is 4.98 Å². The Morgan fingerprint density at radius 1 is 1.15 bits per heavy atom. The molecule has 0 amide bonds. The van der Waals surface area contributed by atoms with E-state index in [2.05, 4.69) is 23.7 Å². The molecule has 34 heavy (non-hydrogen) atoms. The van der Waals surface area contributed by atoms with Crippen molar-refractivity contribution in [1.29, 1.82) is 0 Å². The second-order valence-corrected chi connectivity index (χ2v) is 8.98. The van der Waals surface area contributed by atoms with E-state index in [-0.39, 0.29) is 24.3 Å². The van der Waals surface area contributed by atoms with Crippen LogP contribution in [0.2, 0.25) is 5.02 Å². The Kier molecular flexibility index (Phi) is 7.33. The highest BCUT2D eigenvalue weighted by Gasteiger charge is 2.30. The van der Waals surface area contributed by atoms with Gasteiger partial charge in [-0.05, 0) is 70.0 Å². The molecule has 1 saturated heterocycles. The summed E-state index contributed by atoms with van der Waals surface area (Å²) in [5.74, 6) is -2.00. The van der Waals surface area contributed by atoms with Crippen molar-refractivity contribution in [3.8, 4) is 11.9 Å². The van der Waals surface area contributed by atoms with E-state index in [1.165, 1.54) is 4.57 Å². The number of nitrogens with zero attached hydrogens (tertiary/aromatic N) is 3. The first-order valence-electron chi connectivity index (χ1n) is 11.2. The lowest BCUT2D eigenvalue weighted by atomic mass is 9.97. The summed E-state index contributed by atoms with van der Waals surface area (Å²) in [5.41, 5.74) is 0.248. The number of hydrogen-bond acceptors (Lipinski definition) is 8. The molecule has 2 aliphatic heterocycles. The van der Waals surface area contributed by atoms with E-state index >= 15 is 0 Å². The van der Waals surface area contributed by atoms with Gasteiger partial charge in [0.15, 0.2) is 12.4 Å². The van der Waals surface area contributed by atoms with E-state index < -0.39 is 17.7 Å². The highest BCUT2D eigenvalue weighted by molar-refractivity contribution is 6.30. The molecular weight excluding hydrogens is 462 g/mol. The number of imidazole rings is 1. The van der Waals surface area contributed by atoms with Gasteiger partial charge in [0, 0.05) is 28.8 Å². The van der Waals surface area contributed by atoms with Crippen molar-refractivity contribution >= 4 is 29.3 Å². The molecule has 2 aliphatic rings. The normalized spacial score (nSPS) is 18.4. The third-order valence-corrected chi connectivity index (χ3v) is 6.19. The molecule has 10 heteroatoms. The number of carbonyl (C=O) groups excluding carboxylic acids is 3. The standard InChI is InChI=1S/C24H26ClN3O6/c1-15(2)27-11-9-16(10-12-27)13-32-24-26-23-21(22(31)17-3-5-18(25)6-4-17)28(24)14-33-19(29)7-8-20(30)34-23/h3-8,15-16H,9-14H2,1-2H3/b8-7-. The lowest BCUT2D eigenvalue weighted by molar-refractivity contribution is -0.142. The van der Waals surface area contributed by atoms with E-state index in [0.717, 1.165) is 38.1 Å². The van der Waals surface area contributed by atoms with Gasteiger partial charge in [0.05, 0.1) is 6.61 Å². The van der Waals surface area contributed by atoms with Gasteiger partial charge < -0.3 is 19.1 Å². The maximum Gasteiger partial charge on any atom is 0.337 e. The first-order chi connectivity index (χ1) is 16.3. The summed E-state index contributed by atoms with van der Waals surface area (Å²) in [6, 6.07) is 6.79. The second kappa shape index (κ2) is 10.4. The molecule has 3 heterocycles. The summed E-state index contributed by atoms with van der Waals surface area (Å²) in [4.78, 5) is 44.2. The average Bonchev–Trinajstić information content (AvgIpc) is 3.15. The second-order valence-electron chi connectivity index (χ2n) is 8.54. The third kappa shape index (κ3) is 5.48. The number of rotatable bonds is 6. The summed E-state index contributed by atoms with van der Waals surface area (Å²) in [7, 11) is 0. The van der Waals surface area contributed by atoms with E-state index in [1.807, 2.05) is 0 Å². The first-order valence-corrected chi connectivity index (χ1v) is 11.5. The van der Waals surface area contributed by atoms with Crippen LogP contribution in [0.1, 0.15) is 42.7 Å². The van der Waals surface area contributed by atoms with E-state index in [4.69, 9.17) is 25.8 Å². The van der Waals surface area contributed by atoms with Crippen LogP contribution in [0.5, 0.6) is 11.9 Å². The van der Waals surface area contributed by atoms with Gasteiger partial charge in [-0.3, -0.25) is 9.36 Å². The number of ketones is 1. The zero-order valence-electron chi connectivity index (χ0n) is 19.0. The number of esters is 2. The number of halogens is 1. The molecule has 0 N–H and O–H groups in total. The summed E-state index contributed by atoms with van der Waals surface area (Å²) in [6.07, 6.45) is 3.82. The topological polar surface area (TPSA) is 100.0 Å². The molecule has 9 nitrogen and oxygen atoms in total.